The van der Waals surface area contributed by atoms with Crippen LogP contribution in [0.3, 0.4) is 0 Å². The fourth-order valence-electron chi connectivity index (χ4n) is 8.67. The second-order valence-corrected chi connectivity index (χ2v) is 13.9. The van der Waals surface area contributed by atoms with Crippen LogP contribution in [0.1, 0.15) is 105 Å². The molecule has 0 aromatic rings. The van der Waals surface area contributed by atoms with Gasteiger partial charge in [0.15, 0.2) is 0 Å². The number of fused-ring (bicyclic) bond motifs is 5. The molecule has 0 aliphatic heterocycles. The Hall–Kier alpha value is -0.470. The lowest BCUT2D eigenvalue weighted by atomic mass is 9.47. The summed E-state index contributed by atoms with van der Waals surface area (Å²) in [7, 11) is -4.67. The van der Waals surface area contributed by atoms with E-state index in [4.69, 9.17) is 17.5 Å². The average Bonchev–Trinajstić information content (AvgIpc) is 3.03. The largest absolute Gasteiger partial charge is 0.394 e. The van der Waals surface area contributed by atoms with Gasteiger partial charge in [-0.2, -0.15) is 8.42 Å². The van der Waals surface area contributed by atoms with Crippen LogP contribution in [-0.2, 0) is 10.4 Å². The van der Waals surface area contributed by atoms with Gasteiger partial charge in [0, 0.05) is 0 Å². The predicted molar refractivity (Wildman–Crippen MR) is 135 cm³/mol. The van der Waals surface area contributed by atoms with Crippen molar-refractivity contribution in [2.75, 3.05) is 0 Å². The molecule has 0 spiro atoms. The maximum Gasteiger partial charge on any atom is 0.394 e. The fraction of sp³-hybridized carbons (Fsp3) is 0.926. The fourth-order valence-corrected chi connectivity index (χ4v) is 8.67. The summed E-state index contributed by atoms with van der Waals surface area (Å²) in [6, 6.07) is 0. The highest BCUT2D eigenvalue weighted by molar-refractivity contribution is 7.79. The number of hydrogen-bond acceptors (Lipinski definition) is 4. The van der Waals surface area contributed by atoms with Gasteiger partial charge in [0.1, 0.15) is 0 Å². The molecule has 0 heterocycles. The molecule has 6 nitrogen and oxygen atoms in total. The minimum Gasteiger partial charge on any atom is -0.393 e. The van der Waals surface area contributed by atoms with Crippen LogP contribution in [0.2, 0.25) is 0 Å². The summed E-state index contributed by atoms with van der Waals surface area (Å²) >= 11 is 0. The van der Waals surface area contributed by atoms with Gasteiger partial charge in [-0.05, 0) is 112 Å². The van der Waals surface area contributed by atoms with Crippen molar-refractivity contribution in [2.45, 2.75) is 117 Å². The molecule has 4 aliphatic carbocycles. The van der Waals surface area contributed by atoms with Crippen LogP contribution >= 0.6 is 0 Å². The van der Waals surface area contributed by atoms with E-state index in [1.165, 1.54) is 44.9 Å². The first-order valence-electron chi connectivity index (χ1n) is 13.3. The second kappa shape index (κ2) is 10.1. The molecule has 0 radical (unpaired) electrons. The molecule has 0 unspecified atom stereocenters. The quantitative estimate of drug-likeness (QED) is 0.278. The smallest absolute Gasteiger partial charge is 0.393 e. The summed E-state index contributed by atoms with van der Waals surface area (Å²) in [4.78, 5) is 0. The molecule has 4 N–H and O–H groups in total. The molecule has 8 atom stereocenters. The van der Waals surface area contributed by atoms with Crippen molar-refractivity contribution in [3.8, 4) is 0 Å². The summed E-state index contributed by atoms with van der Waals surface area (Å²) in [5.41, 5.74) is 1.95. The SMILES string of the molecule is C[C@@H](CCCC(C)(C)O)[C@@H]1CC[C@@H]2[C@H]3CC=C4C[C@H](O)CC[C@@]4(C)[C@@H]3CC[C@]21C.O=S(=O)(O)O. The Morgan fingerprint density at radius 1 is 1.09 bits per heavy atom. The predicted octanol–water partition coefficient (Wildman–Crippen LogP) is 5.85. The molecule has 4 rings (SSSR count). The maximum absolute atomic E-state index is 10.2. The minimum atomic E-state index is -4.67. The third-order valence-corrected chi connectivity index (χ3v) is 10.3. The molecule has 3 fully saturated rings. The summed E-state index contributed by atoms with van der Waals surface area (Å²) < 4.78 is 31.6. The highest BCUT2D eigenvalue weighted by Gasteiger charge is 2.59. The Morgan fingerprint density at radius 3 is 2.35 bits per heavy atom. The number of aliphatic hydroxyl groups is 2. The van der Waals surface area contributed by atoms with Crippen molar-refractivity contribution >= 4 is 10.4 Å². The summed E-state index contributed by atoms with van der Waals surface area (Å²) in [5, 5.41) is 20.3. The summed E-state index contributed by atoms with van der Waals surface area (Å²) in [6.07, 6.45) is 15.9. The van der Waals surface area contributed by atoms with E-state index in [1.54, 1.807) is 5.57 Å². The molecule has 0 amide bonds. The van der Waals surface area contributed by atoms with Crippen LogP contribution in [-0.4, -0.2) is 39.4 Å². The molecule has 0 aromatic carbocycles. The van der Waals surface area contributed by atoms with E-state index in [0.717, 1.165) is 55.3 Å². The van der Waals surface area contributed by atoms with E-state index in [9.17, 15) is 10.2 Å². The van der Waals surface area contributed by atoms with Crippen LogP contribution < -0.4 is 0 Å². The molecular formula is C27H48O6S. The van der Waals surface area contributed by atoms with E-state index in [2.05, 4.69) is 26.8 Å². The van der Waals surface area contributed by atoms with Crippen molar-refractivity contribution in [1.82, 2.24) is 0 Å². The van der Waals surface area contributed by atoms with Gasteiger partial charge < -0.3 is 10.2 Å². The second-order valence-electron chi connectivity index (χ2n) is 13.0. The van der Waals surface area contributed by atoms with E-state index in [1.807, 2.05) is 13.8 Å². The molecule has 0 aromatic heterocycles. The highest BCUT2D eigenvalue weighted by atomic mass is 32.3. The van der Waals surface area contributed by atoms with Gasteiger partial charge >= 0.3 is 10.4 Å². The Morgan fingerprint density at radius 2 is 1.74 bits per heavy atom. The molecule has 4 aliphatic rings. The Labute approximate surface area is 207 Å². The third kappa shape index (κ3) is 6.26. The van der Waals surface area contributed by atoms with Gasteiger partial charge in [-0.3, -0.25) is 9.11 Å². The van der Waals surface area contributed by atoms with Gasteiger partial charge in [-0.15, -0.1) is 0 Å². The van der Waals surface area contributed by atoms with Crippen molar-refractivity contribution in [1.29, 1.82) is 0 Å². The highest BCUT2D eigenvalue weighted by Crippen LogP contribution is 2.67. The van der Waals surface area contributed by atoms with E-state index in [0.29, 0.717) is 10.8 Å². The van der Waals surface area contributed by atoms with Crippen LogP contribution in [0.15, 0.2) is 11.6 Å². The monoisotopic (exact) mass is 500 g/mol. The van der Waals surface area contributed by atoms with E-state index < -0.39 is 16.0 Å². The van der Waals surface area contributed by atoms with Crippen molar-refractivity contribution < 1.29 is 27.7 Å². The van der Waals surface area contributed by atoms with Crippen LogP contribution in [0.5, 0.6) is 0 Å². The molecule has 198 valence electrons. The van der Waals surface area contributed by atoms with E-state index >= 15 is 0 Å². The molecule has 7 heteroatoms. The zero-order valence-electron chi connectivity index (χ0n) is 21.8. The summed E-state index contributed by atoms with van der Waals surface area (Å²) in [5.74, 6) is 4.24. The van der Waals surface area contributed by atoms with Crippen LogP contribution in [0, 0.1) is 40.4 Å². The molecule has 34 heavy (non-hydrogen) atoms. The Kier molecular flexibility index (Phi) is 8.37. The van der Waals surface area contributed by atoms with E-state index in [-0.39, 0.29) is 6.10 Å². The summed E-state index contributed by atoms with van der Waals surface area (Å²) in [6.45, 7) is 11.6. The van der Waals surface area contributed by atoms with Crippen LogP contribution in [0.4, 0.5) is 0 Å². The number of aliphatic hydroxyl groups excluding tert-OH is 1. The average molecular weight is 501 g/mol. The zero-order chi connectivity index (χ0) is 25.5. The first-order chi connectivity index (χ1) is 15.5. The zero-order valence-corrected chi connectivity index (χ0v) is 22.6. The first-order valence-corrected chi connectivity index (χ1v) is 14.7. The minimum absolute atomic E-state index is 0.0969. The van der Waals surface area contributed by atoms with Crippen molar-refractivity contribution in [3.63, 3.8) is 0 Å². The van der Waals surface area contributed by atoms with Gasteiger partial charge in [0.05, 0.1) is 11.7 Å². The lowest BCUT2D eigenvalue weighted by molar-refractivity contribution is -0.0575. The molecule has 0 saturated heterocycles. The van der Waals surface area contributed by atoms with Gasteiger partial charge in [0.25, 0.3) is 0 Å². The van der Waals surface area contributed by atoms with Gasteiger partial charge in [-0.1, -0.05) is 45.3 Å². The standard InChI is InChI=1S/C27H46O2.H2O4S/c1-18(7-6-14-25(2,3)29)22-10-11-23-21-9-8-19-17-20(28)12-15-26(19,4)24(21)13-16-27(22,23)5;1-5(2,3)4/h8,18,20-24,28-29H,6-7,9-17H2,1-5H3;(H2,1,2,3,4)/t18-,20+,21+,22-,23+,24+,26+,27-;/m0./s1. The van der Waals surface area contributed by atoms with Crippen molar-refractivity contribution in [2.24, 2.45) is 40.4 Å². The lowest BCUT2D eigenvalue weighted by Gasteiger charge is -2.58. The third-order valence-electron chi connectivity index (χ3n) is 10.3. The normalized spacial score (nSPS) is 40.7. The molecular weight excluding hydrogens is 452 g/mol. The number of rotatable bonds is 5. The van der Waals surface area contributed by atoms with Crippen LogP contribution in [0.25, 0.3) is 0 Å². The Balaban J connectivity index is 0.000000588. The number of hydrogen-bond donors (Lipinski definition) is 4. The number of allylic oxidation sites excluding steroid dienone is 1. The molecule has 3 saturated carbocycles. The van der Waals surface area contributed by atoms with Gasteiger partial charge in [0.2, 0.25) is 0 Å². The molecule has 0 bridgehead atoms. The van der Waals surface area contributed by atoms with Crippen molar-refractivity contribution in [3.05, 3.63) is 11.6 Å². The Bertz CT molecular complexity index is 838. The lowest BCUT2D eigenvalue weighted by Crippen LogP contribution is -2.50. The first kappa shape index (κ1) is 28.1. The maximum atomic E-state index is 10.2. The van der Waals surface area contributed by atoms with Gasteiger partial charge in [-0.25, -0.2) is 0 Å². The topological polar surface area (TPSA) is 115 Å².